The summed E-state index contributed by atoms with van der Waals surface area (Å²) in [4.78, 5) is 27.2. The van der Waals surface area contributed by atoms with Crippen LogP contribution in [0.2, 0.25) is 0 Å². The summed E-state index contributed by atoms with van der Waals surface area (Å²) in [6.45, 7) is 0. The number of nitrogens with zero attached hydrogens (tertiary/aromatic N) is 1. The summed E-state index contributed by atoms with van der Waals surface area (Å²) in [5.74, 6) is -0.156. The fraction of sp³-hybridized carbons (Fsp3) is 0.444. The molecule has 3 heterocycles. The van der Waals surface area contributed by atoms with E-state index in [2.05, 4.69) is 6.26 Å². The average Bonchev–Trinajstić information content (AvgIpc) is 2.83. The number of piperidine rings is 1. The first-order chi connectivity index (χ1) is 11.2. The molecule has 5 heteroatoms. The Morgan fingerprint density at radius 2 is 1.91 bits per heavy atom. The van der Waals surface area contributed by atoms with E-state index in [0.29, 0.717) is 10.8 Å². The maximum Gasteiger partial charge on any atom is 0.349 e. The molecule has 0 radical (unpaired) electrons. The van der Waals surface area contributed by atoms with E-state index in [1.54, 1.807) is 12.1 Å². The number of amides is 1. The zero-order chi connectivity index (χ0) is 16.0. The number of carbonyl (C=O) groups excluding carboxylic acids is 1. The second-order valence-electron chi connectivity index (χ2n) is 6.41. The molecule has 2 saturated heterocycles. The lowest BCUT2D eigenvalue weighted by atomic mass is 10.0. The molecular formula is C18H19NO3S. The van der Waals surface area contributed by atoms with Crippen molar-refractivity contribution in [3.8, 4) is 0 Å². The van der Waals surface area contributed by atoms with Crippen LogP contribution in [-0.4, -0.2) is 34.4 Å². The highest BCUT2D eigenvalue weighted by atomic mass is 32.2. The molecular weight excluding hydrogens is 310 g/mol. The fourth-order valence-corrected chi connectivity index (χ4v) is 4.83. The molecule has 4 rings (SSSR count). The third kappa shape index (κ3) is 2.47. The SMILES string of the molecule is CSC1CC2CCC(C1)N2C(=O)c1cc2ccccc2oc1=O. The Hall–Kier alpha value is -1.75. The van der Waals surface area contributed by atoms with E-state index < -0.39 is 5.63 Å². The van der Waals surface area contributed by atoms with Crippen LogP contribution < -0.4 is 5.63 Å². The highest BCUT2D eigenvalue weighted by Crippen LogP contribution is 2.40. The maximum absolute atomic E-state index is 13.0. The van der Waals surface area contributed by atoms with Crippen molar-refractivity contribution in [2.24, 2.45) is 0 Å². The lowest BCUT2D eigenvalue weighted by molar-refractivity contribution is 0.0597. The highest BCUT2D eigenvalue weighted by Gasteiger charge is 2.43. The van der Waals surface area contributed by atoms with Gasteiger partial charge in [0.15, 0.2) is 0 Å². The van der Waals surface area contributed by atoms with Gasteiger partial charge in [0.2, 0.25) is 0 Å². The summed E-state index contributed by atoms with van der Waals surface area (Å²) in [6, 6.07) is 9.53. The Morgan fingerprint density at radius 3 is 2.61 bits per heavy atom. The average molecular weight is 329 g/mol. The van der Waals surface area contributed by atoms with Crippen molar-refractivity contribution in [2.75, 3.05) is 6.26 Å². The smallest absolute Gasteiger partial charge is 0.349 e. The van der Waals surface area contributed by atoms with Crippen molar-refractivity contribution in [2.45, 2.75) is 43.0 Å². The molecule has 4 nitrogen and oxygen atoms in total. The van der Waals surface area contributed by atoms with E-state index in [0.717, 1.165) is 31.1 Å². The number of para-hydroxylation sites is 1. The first-order valence-electron chi connectivity index (χ1n) is 8.05. The monoisotopic (exact) mass is 329 g/mol. The molecule has 2 atom stereocenters. The van der Waals surface area contributed by atoms with E-state index in [1.807, 2.05) is 34.9 Å². The Morgan fingerprint density at radius 1 is 1.22 bits per heavy atom. The van der Waals surface area contributed by atoms with Gasteiger partial charge in [0, 0.05) is 22.7 Å². The molecule has 120 valence electrons. The number of thioether (sulfide) groups is 1. The summed E-state index contributed by atoms with van der Waals surface area (Å²) >= 11 is 1.89. The van der Waals surface area contributed by atoms with Crippen molar-refractivity contribution in [3.63, 3.8) is 0 Å². The number of hydrogen-bond donors (Lipinski definition) is 0. The van der Waals surface area contributed by atoms with Crippen molar-refractivity contribution >= 4 is 28.6 Å². The van der Waals surface area contributed by atoms with E-state index >= 15 is 0 Å². The van der Waals surface area contributed by atoms with Crippen LogP contribution in [0.1, 0.15) is 36.0 Å². The van der Waals surface area contributed by atoms with Gasteiger partial charge in [0.05, 0.1) is 0 Å². The van der Waals surface area contributed by atoms with Gasteiger partial charge in [0.25, 0.3) is 5.91 Å². The normalized spacial score (nSPS) is 26.7. The van der Waals surface area contributed by atoms with Gasteiger partial charge < -0.3 is 9.32 Å². The van der Waals surface area contributed by atoms with Crippen LogP contribution in [0.3, 0.4) is 0 Å². The molecule has 1 aromatic carbocycles. The molecule has 0 saturated carbocycles. The molecule has 0 spiro atoms. The standard InChI is InChI=1S/C18H19NO3S/c1-23-14-9-12-6-7-13(10-14)19(12)17(20)15-8-11-4-2-3-5-16(11)22-18(15)21/h2-5,8,12-14H,6-7,9-10H2,1H3. The van der Waals surface area contributed by atoms with Crippen LogP contribution in [-0.2, 0) is 0 Å². The quantitative estimate of drug-likeness (QED) is 0.793. The van der Waals surface area contributed by atoms with Gasteiger partial charge in [-0.25, -0.2) is 4.79 Å². The van der Waals surface area contributed by atoms with Crippen molar-refractivity contribution in [1.82, 2.24) is 4.90 Å². The minimum Gasteiger partial charge on any atom is -0.422 e. The molecule has 1 amide bonds. The highest BCUT2D eigenvalue weighted by molar-refractivity contribution is 7.99. The summed E-state index contributed by atoms with van der Waals surface area (Å²) in [5, 5.41) is 1.42. The van der Waals surface area contributed by atoms with Crippen LogP contribution in [0.4, 0.5) is 0 Å². The molecule has 1 aromatic heterocycles. The molecule has 2 fully saturated rings. The Labute approximate surface area is 138 Å². The van der Waals surface area contributed by atoms with Crippen molar-refractivity contribution in [3.05, 3.63) is 46.3 Å². The molecule has 2 aromatic rings. The number of carbonyl (C=O) groups is 1. The second kappa shape index (κ2) is 5.71. The molecule has 23 heavy (non-hydrogen) atoms. The fourth-order valence-electron chi connectivity index (χ4n) is 4.00. The lowest BCUT2D eigenvalue weighted by Gasteiger charge is -2.38. The van der Waals surface area contributed by atoms with Crippen molar-refractivity contribution < 1.29 is 9.21 Å². The predicted molar refractivity (Wildman–Crippen MR) is 92.0 cm³/mol. The molecule has 0 N–H and O–H groups in total. The third-order valence-electron chi connectivity index (χ3n) is 5.13. The Kier molecular flexibility index (Phi) is 3.68. The largest absolute Gasteiger partial charge is 0.422 e. The van der Waals surface area contributed by atoms with E-state index in [-0.39, 0.29) is 23.6 Å². The Balaban J connectivity index is 1.70. The van der Waals surface area contributed by atoms with Gasteiger partial charge in [-0.05, 0) is 44.1 Å². The number of hydrogen-bond acceptors (Lipinski definition) is 4. The van der Waals surface area contributed by atoms with Gasteiger partial charge >= 0.3 is 5.63 Å². The molecule has 2 bridgehead atoms. The summed E-state index contributed by atoms with van der Waals surface area (Å²) in [5.41, 5.74) is 0.168. The van der Waals surface area contributed by atoms with Crippen LogP contribution in [0, 0.1) is 0 Å². The molecule has 2 aliphatic heterocycles. The van der Waals surface area contributed by atoms with Crippen LogP contribution >= 0.6 is 11.8 Å². The first-order valence-corrected chi connectivity index (χ1v) is 9.34. The molecule has 0 aliphatic carbocycles. The zero-order valence-electron chi connectivity index (χ0n) is 13.0. The van der Waals surface area contributed by atoms with Gasteiger partial charge in [-0.2, -0.15) is 11.8 Å². The minimum atomic E-state index is -0.528. The number of rotatable bonds is 2. The number of benzene rings is 1. The number of fused-ring (bicyclic) bond motifs is 3. The summed E-state index contributed by atoms with van der Waals surface area (Å²) < 4.78 is 5.33. The minimum absolute atomic E-state index is 0.156. The van der Waals surface area contributed by atoms with Crippen LogP contribution in [0.5, 0.6) is 0 Å². The molecule has 2 unspecified atom stereocenters. The van der Waals surface area contributed by atoms with E-state index in [1.165, 1.54) is 0 Å². The lowest BCUT2D eigenvalue weighted by Crippen LogP contribution is -2.48. The maximum atomic E-state index is 13.0. The summed E-state index contributed by atoms with van der Waals surface area (Å²) in [6.07, 6.45) is 6.29. The zero-order valence-corrected chi connectivity index (χ0v) is 13.8. The van der Waals surface area contributed by atoms with Crippen molar-refractivity contribution in [1.29, 1.82) is 0 Å². The summed E-state index contributed by atoms with van der Waals surface area (Å²) in [7, 11) is 0. The Bertz CT molecular complexity index is 801. The van der Waals surface area contributed by atoms with Gasteiger partial charge in [-0.1, -0.05) is 18.2 Å². The van der Waals surface area contributed by atoms with Gasteiger partial charge in [-0.15, -0.1) is 0 Å². The second-order valence-corrected chi connectivity index (χ2v) is 7.55. The molecule has 2 aliphatic rings. The van der Waals surface area contributed by atoms with Gasteiger partial charge in [0.1, 0.15) is 11.1 Å². The van der Waals surface area contributed by atoms with E-state index in [4.69, 9.17) is 4.42 Å². The van der Waals surface area contributed by atoms with Gasteiger partial charge in [-0.3, -0.25) is 4.79 Å². The van der Waals surface area contributed by atoms with E-state index in [9.17, 15) is 9.59 Å². The van der Waals surface area contributed by atoms with Crippen LogP contribution in [0.25, 0.3) is 11.0 Å². The van der Waals surface area contributed by atoms with Crippen LogP contribution in [0.15, 0.2) is 39.5 Å². The first kappa shape index (κ1) is 14.8. The third-order valence-corrected chi connectivity index (χ3v) is 6.18. The predicted octanol–water partition coefficient (Wildman–Crippen LogP) is 3.29. The topological polar surface area (TPSA) is 50.5 Å².